The van der Waals surface area contributed by atoms with Crippen LogP contribution >= 0.6 is 34.8 Å². The molecule has 0 N–H and O–H groups in total. The van der Waals surface area contributed by atoms with Crippen molar-refractivity contribution >= 4 is 34.8 Å². The summed E-state index contributed by atoms with van der Waals surface area (Å²) in [4.78, 5) is 0. The molecule has 0 aliphatic rings. The molecule has 0 saturated carbocycles. The molecule has 9 heteroatoms. The maximum absolute atomic E-state index is 12.7. The van der Waals surface area contributed by atoms with Gasteiger partial charge in [-0.15, -0.1) is 0 Å². The number of halogens is 8. The SMILES string of the molecule is FC(F)Oc1cc(C(F)(F)F)ccc1-c1cc(Cl)c(Cl)c(Cl)c1. The lowest BCUT2D eigenvalue weighted by Crippen LogP contribution is -2.08. The van der Waals surface area contributed by atoms with Crippen molar-refractivity contribution in [3.8, 4) is 16.9 Å². The average molecular weight is 392 g/mol. The molecule has 0 atom stereocenters. The Morgan fingerprint density at radius 3 is 1.96 bits per heavy atom. The standard InChI is InChI=1S/C14H6Cl3F5O/c15-9-3-6(4-10(16)12(9)17)8-2-1-7(14(20,21)22)5-11(8)23-13(18)19/h1-5,13H. The number of alkyl halides is 5. The highest BCUT2D eigenvalue weighted by molar-refractivity contribution is 6.48. The fraction of sp³-hybridized carbons (Fsp3) is 0.143. The number of hydrogen-bond donors (Lipinski definition) is 0. The van der Waals surface area contributed by atoms with Crippen LogP contribution in [0.5, 0.6) is 5.75 Å². The van der Waals surface area contributed by atoms with Gasteiger partial charge >= 0.3 is 12.8 Å². The van der Waals surface area contributed by atoms with Gasteiger partial charge in [0, 0.05) is 5.56 Å². The number of benzene rings is 2. The van der Waals surface area contributed by atoms with Crippen LogP contribution < -0.4 is 4.74 Å². The molecule has 0 amide bonds. The molecule has 0 fully saturated rings. The van der Waals surface area contributed by atoms with Gasteiger partial charge in [-0.3, -0.25) is 0 Å². The second kappa shape index (κ2) is 6.71. The van der Waals surface area contributed by atoms with Crippen molar-refractivity contribution in [2.75, 3.05) is 0 Å². The van der Waals surface area contributed by atoms with Crippen molar-refractivity contribution < 1.29 is 26.7 Å². The van der Waals surface area contributed by atoms with Gasteiger partial charge in [-0.05, 0) is 29.8 Å². The van der Waals surface area contributed by atoms with Crippen molar-refractivity contribution in [1.29, 1.82) is 0 Å². The molecule has 0 radical (unpaired) electrons. The fourth-order valence-corrected chi connectivity index (χ4v) is 2.44. The van der Waals surface area contributed by atoms with Crippen molar-refractivity contribution in [3.63, 3.8) is 0 Å². The quantitative estimate of drug-likeness (QED) is 0.407. The first kappa shape index (κ1) is 18.1. The Morgan fingerprint density at radius 2 is 1.48 bits per heavy atom. The van der Waals surface area contributed by atoms with Crippen LogP contribution in [0.15, 0.2) is 30.3 Å². The van der Waals surface area contributed by atoms with E-state index >= 15 is 0 Å². The summed E-state index contributed by atoms with van der Waals surface area (Å²) in [6.45, 7) is -3.30. The van der Waals surface area contributed by atoms with Crippen LogP contribution in [0.4, 0.5) is 22.0 Å². The van der Waals surface area contributed by atoms with Gasteiger partial charge in [0.15, 0.2) is 0 Å². The van der Waals surface area contributed by atoms with Crippen LogP contribution in [-0.2, 0) is 6.18 Å². The first-order chi connectivity index (χ1) is 10.6. The van der Waals surface area contributed by atoms with E-state index in [2.05, 4.69) is 4.74 Å². The summed E-state index contributed by atoms with van der Waals surface area (Å²) < 4.78 is 67.3. The molecule has 0 heterocycles. The van der Waals surface area contributed by atoms with Crippen LogP contribution in [0.25, 0.3) is 11.1 Å². The summed E-state index contributed by atoms with van der Waals surface area (Å²) in [5, 5.41) is 0.0921. The number of hydrogen-bond acceptors (Lipinski definition) is 1. The normalized spacial score (nSPS) is 11.9. The largest absolute Gasteiger partial charge is 0.434 e. The van der Waals surface area contributed by atoms with Gasteiger partial charge in [0.2, 0.25) is 0 Å². The molecule has 0 saturated heterocycles. The molecular weight excluding hydrogens is 386 g/mol. The molecule has 0 bridgehead atoms. The molecule has 0 aromatic heterocycles. The Bertz CT molecular complexity index is 708. The van der Waals surface area contributed by atoms with Crippen molar-refractivity contribution in [2.45, 2.75) is 12.8 Å². The van der Waals surface area contributed by atoms with Crippen molar-refractivity contribution in [3.05, 3.63) is 51.0 Å². The monoisotopic (exact) mass is 390 g/mol. The first-order valence-electron chi connectivity index (χ1n) is 5.90. The Kier molecular flexibility index (Phi) is 5.28. The third-order valence-electron chi connectivity index (χ3n) is 2.82. The number of rotatable bonds is 3. The molecule has 2 aromatic rings. The van der Waals surface area contributed by atoms with E-state index in [1.165, 1.54) is 12.1 Å². The summed E-state index contributed by atoms with van der Waals surface area (Å²) in [5.41, 5.74) is -0.962. The maximum Gasteiger partial charge on any atom is 0.416 e. The summed E-state index contributed by atoms with van der Waals surface area (Å²) >= 11 is 17.5. The molecule has 0 unspecified atom stereocenters. The topological polar surface area (TPSA) is 9.23 Å². The maximum atomic E-state index is 12.7. The van der Waals surface area contributed by atoms with Crippen LogP contribution in [-0.4, -0.2) is 6.61 Å². The van der Waals surface area contributed by atoms with Crippen LogP contribution in [0.1, 0.15) is 5.56 Å². The van der Waals surface area contributed by atoms with Gasteiger partial charge in [-0.1, -0.05) is 40.9 Å². The van der Waals surface area contributed by atoms with E-state index in [4.69, 9.17) is 34.8 Å². The fourth-order valence-electron chi connectivity index (χ4n) is 1.84. The smallest absolute Gasteiger partial charge is 0.416 e. The van der Waals surface area contributed by atoms with Gasteiger partial charge in [0.05, 0.1) is 20.6 Å². The predicted molar refractivity (Wildman–Crippen MR) is 78.5 cm³/mol. The molecule has 2 aromatic carbocycles. The highest BCUT2D eigenvalue weighted by Crippen LogP contribution is 2.41. The first-order valence-corrected chi connectivity index (χ1v) is 7.04. The molecule has 23 heavy (non-hydrogen) atoms. The summed E-state index contributed by atoms with van der Waals surface area (Å²) in [5.74, 6) is -0.649. The van der Waals surface area contributed by atoms with Crippen molar-refractivity contribution in [1.82, 2.24) is 0 Å². The highest BCUT2D eigenvalue weighted by Gasteiger charge is 2.32. The van der Waals surface area contributed by atoms with Gasteiger partial charge < -0.3 is 4.74 Å². The summed E-state index contributed by atoms with van der Waals surface area (Å²) in [6.07, 6.45) is -4.70. The molecule has 0 aliphatic heterocycles. The zero-order valence-corrected chi connectivity index (χ0v) is 13.2. The molecule has 1 nitrogen and oxygen atoms in total. The van der Waals surface area contributed by atoms with Crippen molar-refractivity contribution in [2.24, 2.45) is 0 Å². The van der Waals surface area contributed by atoms with Crippen LogP contribution in [0, 0.1) is 0 Å². The van der Waals surface area contributed by atoms with Gasteiger partial charge in [0.1, 0.15) is 5.75 Å². The number of ether oxygens (including phenoxy) is 1. The van der Waals surface area contributed by atoms with E-state index in [-0.39, 0.29) is 26.2 Å². The highest BCUT2D eigenvalue weighted by atomic mass is 35.5. The van der Waals surface area contributed by atoms with Gasteiger partial charge in [-0.25, -0.2) is 0 Å². The predicted octanol–water partition coefficient (Wildman–Crippen LogP) is 6.93. The second-order valence-electron chi connectivity index (χ2n) is 4.34. The van der Waals surface area contributed by atoms with E-state index in [1.807, 2.05) is 0 Å². The van der Waals surface area contributed by atoms with E-state index in [0.29, 0.717) is 6.07 Å². The lowest BCUT2D eigenvalue weighted by Gasteiger charge is -2.15. The third kappa shape index (κ3) is 4.19. The van der Waals surface area contributed by atoms with Crippen LogP contribution in [0.2, 0.25) is 15.1 Å². The van der Waals surface area contributed by atoms with E-state index < -0.39 is 24.1 Å². The summed E-state index contributed by atoms with van der Waals surface area (Å²) in [6, 6.07) is 4.80. The lowest BCUT2D eigenvalue weighted by molar-refractivity contribution is -0.138. The van der Waals surface area contributed by atoms with Gasteiger partial charge in [-0.2, -0.15) is 22.0 Å². The second-order valence-corrected chi connectivity index (χ2v) is 5.53. The van der Waals surface area contributed by atoms with Gasteiger partial charge in [0.25, 0.3) is 0 Å². The molecule has 124 valence electrons. The third-order valence-corrected chi connectivity index (χ3v) is 4.02. The Morgan fingerprint density at radius 1 is 0.913 bits per heavy atom. The Labute approximate surface area is 142 Å². The Balaban J connectivity index is 2.61. The zero-order chi connectivity index (χ0) is 17.4. The lowest BCUT2D eigenvalue weighted by atomic mass is 10.0. The molecule has 0 aliphatic carbocycles. The van der Waals surface area contributed by atoms with Crippen LogP contribution in [0.3, 0.4) is 0 Å². The minimum absolute atomic E-state index is 0.0251. The average Bonchev–Trinajstić information content (AvgIpc) is 2.42. The minimum atomic E-state index is -4.70. The molecule has 2 rings (SSSR count). The summed E-state index contributed by atoms with van der Waals surface area (Å²) in [7, 11) is 0. The molecule has 0 spiro atoms. The minimum Gasteiger partial charge on any atom is -0.434 e. The Hall–Kier alpha value is -1.24. The van der Waals surface area contributed by atoms with E-state index in [9.17, 15) is 22.0 Å². The zero-order valence-electron chi connectivity index (χ0n) is 10.9. The molecular formula is C14H6Cl3F5O. The van der Waals surface area contributed by atoms with E-state index in [0.717, 1.165) is 12.1 Å². The van der Waals surface area contributed by atoms with E-state index in [1.54, 1.807) is 0 Å².